The van der Waals surface area contributed by atoms with E-state index in [0.717, 1.165) is 30.2 Å². The van der Waals surface area contributed by atoms with Crippen molar-refractivity contribution >= 4 is 17.7 Å². The number of rotatable bonds is 4. The van der Waals surface area contributed by atoms with Gasteiger partial charge in [0.05, 0.1) is 5.03 Å². The van der Waals surface area contributed by atoms with Crippen molar-refractivity contribution in [1.29, 1.82) is 0 Å². The molecule has 1 fully saturated rings. The van der Waals surface area contributed by atoms with E-state index in [1.807, 2.05) is 11.0 Å². The highest BCUT2D eigenvalue weighted by Crippen LogP contribution is 2.20. The molecule has 0 spiro atoms. The smallest absolute Gasteiger partial charge is 0.254 e. The molecule has 1 aliphatic rings. The molecule has 1 unspecified atom stereocenters. The Morgan fingerprint density at radius 3 is 3.21 bits per heavy atom. The van der Waals surface area contributed by atoms with E-state index in [-0.39, 0.29) is 18.4 Å². The van der Waals surface area contributed by atoms with Crippen LogP contribution in [0.15, 0.2) is 23.4 Å². The summed E-state index contributed by atoms with van der Waals surface area (Å²) in [6.45, 7) is 3.68. The second-order valence-corrected chi connectivity index (χ2v) is 6.04. The van der Waals surface area contributed by atoms with Gasteiger partial charge >= 0.3 is 0 Å². The topological polar surface area (TPSA) is 53.4 Å². The summed E-state index contributed by atoms with van der Waals surface area (Å²) in [5, 5.41) is 10.1. The van der Waals surface area contributed by atoms with Gasteiger partial charge in [0.25, 0.3) is 5.91 Å². The summed E-state index contributed by atoms with van der Waals surface area (Å²) in [4.78, 5) is 18.5. The number of piperidine rings is 1. The first kappa shape index (κ1) is 14.3. The summed E-state index contributed by atoms with van der Waals surface area (Å²) < 4.78 is 0. The van der Waals surface area contributed by atoms with Crippen molar-refractivity contribution in [3.05, 3.63) is 23.9 Å². The van der Waals surface area contributed by atoms with Crippen LogP contribution < -0.4 is 0 Å². The number of nitrogens with zero attached hydrogens (tertiary/aromatic N) is 2. The van der Waals surface area contributed by atoms with Crippen LogP contribution in [0.2, 0.25) is 0 Å². The summed E-state index contributed by atoms with van der Waals surface area (Å²) in [5.41, 5.74) is 0.699. The number of thioether (sulfide) groups is 1. The lowest BCUT2D eigenvalue weighted by atomic mass is 9.98. The average molecular weight is 280 g/mol. The standard InChI is InChI=1S/C14H20N2O2S/c1-2-19-13-8-12(5-6-15-13)14(18)16-7-3-4-11(9-16)10-17/h5-6,8,11,17H,2-4,7,9-10H2,1H3. The number of aliphatic hydroxyl groups excluding tert-OH is 1. The Balaban J connectivity index is 2.08. The van der Waals surface area contributed by atoms with Gasteiger partial charge in [0, 0.05) is 31.5 Å². The van der Waals surface area contributed by atoms with Gasteiger partial charge in [0.2, 0.25) is 0 Å². The quantitative estimate of drug-likeness (QED) is 0.858. The third-order valence-electron chi connectivity index (χ3n) is 3.34. The fraction of sp³-hybridized carbons (Fsp3) is 0.571. The zero-order valence-electron chi connectivity index (χ0n) is 11.2. The minimum Gasteiger partial charge on any atom is -0.396 e. The van der Waals surface area contributed by atoms with E-state index in [9.17, 15) is 9.90 Å². The average Bonchev–Trinajstić information content (AvgIpc) is 2.47. The van der Waals surface area contributed by atoms with E-state index >= 15 is 0 Å². The molecule has 2 rings (SSSR count). The van der Waals surface area contributed by atoms with Gasteiger partial charge in [-0.3, -0.25) is 4.79 Å². The fourth-order valence-electron chi connectivity index (χ4n) is 2.35. The highest BCUT2D eigenvalue weighted by Gasteiger charge is 2.24. The van der Waals surface area contributed by atoms with Crippen LogP contribution >= 0.6 is 11.8 Å². The molecular formula is C14H20N2O2S. The maximum absolute atomic E-state index is 12.4. The minimum atomic E-state index is 0.0542. The van der Waals surface area contributed by atoms with Crippen LogP contribution in [0.25, 0.3) is 0 Å². The molecular weight excluding hydrogens is 260 g/mol. The molecule has 0 saturated carbocycles. The Bertz CT molecular complexity index is 439. The van der Waals surface area contributed by atoms with E-state index < -0.39 is 0 Å². The van der Waals surface area contributed by atoms with Crippen LogP contribution in [0, 0.1) is 5.92 Å². The van der Waals surface area contributed by atoms with Crippen molar-refractivity contribution in [1.82, 2.24) is 9.88 Å². The van der Waals surface area contributed by atoms with E-state index in [0.29, 0.717) is 12.1 Å². The first-order valence-electron chi connectivity index (χ1n) is 6.73. The lowest BCUT2D eigenvalue weighted by Crippen LogP contribution is -2.40. The van der Waals surface area contributed by atoms with Crippen LogP contribution in [0.5, 0.6) is 0 Å². The molecule has 1 aliphatic heterocycles. The predicted molar refractivity (Wildman–Crippen MR) is 76.3 cm³/mol. The van der Waals surface area contributed by atoms with E-state index in [1.165, 1.54) is 0 Å². The number of hydrogen-bond acceptors (Lipinski definition) is 4. The van der Waals surface area contributed by atoms with Gasteiger partial charge in [-0.05, 0) is 36.6 Å². The summed E-state index contributed by atoms with van der Waals surface area (Å²) in [5.74, 6) is 1.23. The number of carbonyl (C=O) groups is 1. The van der Waals surface area contributed by atoms with Gasteiger partial charge < -0.3 is 10.0 Å². The summed E-state index contributed by atoms with van der Waals surface area (Å²) in [6.07, 6.45) is 3.67. The molecule has 0 bridgehead atoms. The summed E-state index contributed by atoms with van der Waals surface area (Å²) in [7, 11) is 0. The Morgan fingerprint density at radius 2 is 2.47 bits per heavy atom. The molecule has 1 aromatic rings. The molecule has 104 valence electrons. The summed E-state index contributed by atoms with van der Waals surface area (Å²) >= 11 is 1.64. The van der Waals surface area contributed by atoms with Crippen molar-refractivity contribution in [2.24, 2.45) is 5.92 Å². The molecule has 5 heteroatoms. The number of hydrogen-bond donors (Lipinski definition) is 1. The highest BCUT2D eigenvalue weighted by molar-refractivity contribution is 7.99. The zero-order chi connectivity index (χ0) is 13.7. The van der Waals surface area contributed by atoms with Crippen molar-refractivity contribution in [3.8, 4) is 0 Å². The Hall–Kier alpha value is -1.07. The predicted octanol–water partition coefficient (Wildman–Crippen LogP) is 2.04. The van der Waals surface area contributed by atoms with Crippen molar-refractivity contribution in [2.45, 2.75) is 24.8 Å². The normalized spacial score (nSPS) is 19.5. The van der Waals surface area contributed by atoms with Gasteiger partial charge in [-0.2, -0.15) is 0 Å². The Morgan fingerprint density at radius 1 is 1.63 bits per heavy atom. The third-order valence-corrected chi connectivity index (χ3v) is 4.15. The monoisotopic (exact) mass is 280 g/mol. The van der Waals surface area contributed by atoms with Gasteiger partial charge in [-0.1, -0.05) is 6.92 Å². The molecule has 1 saturated heterocycles. The SMILES string of the molecule is CCSc1cc(C(=O)N2CCCC(CO)C2)ccn1. The maximum Gasteiger partial charge on any atom is 0.254 e. The molecule has 0 aliphatic carbocycles. The number of aliphatic hydroxyl groups is 1. The molecule has 0 aromatic carbocycles. The lowest BCUT2D eigenvalue weighted by Gasteiger charge is -2.31. The molecule has 1 atom stereocenters. The molecule has 4 nitrogen and oxygen atoms in total. The van der Waals surface area contributed by atoms with Crippen molar-refractivity contribution in [3.63, 3.8) is 0 Å². The van der Waals surface area contributed by atoms with Gasteiger partial charge in [0.1, 0.15) is 0 Å². The highest BCUT2D eigenvalue weighted by atomic mass is 32.2. The number of pyridine rings is 1. The van der Waals surface area contributed by atoms with Crippen LogP contribution in [0.4, 0.5) is 0 Å². The Labute approximate surface area is 118 Å². The third kappa shape index (κ3) is 3.70. The van der Waals surface area contributed by atoms with Crippen LogP contribution in [0.1, 0.15) is 30.1 Å². The second-order valence-electron chi connectivity index (χ2n) is 4.76. The molecule has 1 N–H and O–H groups in total. The molecule has 19 heavy (non-hydrogen) atoms. The summed E-state index contributed by atoms with van der Waals surface area (Å²) in [6, 6.07) is 3.63. The number of carbonyl (C=O) groups excluding carboxylic acids is 1. The van der Waals surface area contributed by atoms with E-state index in [1.54, 1.807) is 24.0 Å². The molecule has 2 heterocycles. The van der Waals surface area contributed by atoms with Gasteiger partial charge in [-0.15, -0.1) is 11.8 Å². The van der Waals surface area contributed by atoms with Crippen LogP contribution in [-0.2, 0) is 0 Å². The van der Waals surface area contributed by atoms with E-state index in [2.05, 4.69) is 11.9 Å². The first-order chi connectivity index (χ1) is 9.24. The number of aromatic nitrogens is 1. The number of amides is 1. The Kier molecular flexibility index (Phi) is 5.22. The molecule has 1 aromatic heterocycles. The maximum atomic E-state index is 12.4. The van der Waals surface area contributed by atoms with Gasteiger partial charge in [-0.25, -0.2) is 4.98 Å². The largest absolute Gasteiger partial charge is 0.396 e. The van der Waals surface area contributed by atoms with Gasteiger partial charge in [0.15, 0.2) is 0 Å². The first-order valence-corrected chi connectivity index (χ1v) is 7.72. The van der Waals surface area contributed by atoms with Crippen molar-refractivity contribution < 1.29 is 9.90 Å². The fourth-order valence-corrected chi connectivity index (χ4v) is 2.99. The number of likely N-dealkylation sites (tertiary alicyclic amines) is 1. The van der Waals surface area contributed by atoms with Crippen LogP contribution in [0.3, 0.4) is 0 Å². The van der Waals surface area contributed by atoms with E-state index in [4.69, 9.17) is 0 Å². The zero-order valence-corrected chi connectivity index (χ0v) is 12.0. The molecule has 0 radical (unpaired) electrons. The lowest BCUT2D eigenvalue weighted by molar-refractivity contribution is 0.0620. The minimum absolute atomic E-state index is 0.0542. The van der Waals surface area contributed by atoms with Crippen LogP contribution in [-0.4, -0.2) is 46.3 Å². The second kappa shape index (κ2) is 6.91. The molecule has 1 amide bonds. The van der Waals surface area contributed by atoms with Crippen molar-refractivity contribution in [2.75, 3.05) is 25.4 Å².